The summed E-state index contributed by atoms with van der Waals surface area (Å²) < 4.78 is 6.47. The highest BCUT2D eigenvalue weighted by Crippen LogP contribution is 2.21. The van der Waals surface area contributed by atoms with Gasteiger partial charge in [-0.3, -0.25) is 9.36 Å². The summed E-state index contributed by atoms with van der Waals surface area (Å²) in [6, 6.07) is 5.08. The Labute approximate surface area is 110 Å². The van der Waals surface area contributed by atoms with E-state index in [1.54, 1.807) is 39.1 Å². The summed E-state index contributed by atoms with van der Waals surface area (Å²) in [6.07, 6.45) is 0. The topological polar surface area (TPSA) is 90.3 Å². The van der Waals surface area contributed by atoms with Crippen molar-refractivity contribution in [2.75, 3.05) is 11.9 Å². The van der Waals surface area contributed by atoms with Crippen molar-refractivity contribution in [3.63, 3.8) is 0 Å². The Morgan fingerprint density at radius 1 is 1.47 bits per heavy atom. The number of aromatic nitrogens is 1. The van der Waals surface area contributed by atoms with Crippen LogP contribution in [0.3, 0.4) is 0 Å². The van der Waals surface area contributed by atoms with Gasteiger partial charge in [0.25, 0.3) is 0 Å². The molecule has 0 aliphatic heterocycles. The monoisotopic (exact) mass is 263 g/mol. The zero-order chi connectivity index (χ0) is 14.2. The fourth-order valence-electron chi connectivity index (χ4n) is 1.60. The van der Waals surface area contributed by atoms with Crippen molar-refractivity contribution in [1.29, 1.82) is 0 Å². The number of amides is 1. The average molecular weight is 263 g/mol. The van der Waals surface area contributed by atoms with Crippen molar-refractivity contribution in [3.05, 3.63) is 28.7 Å². The molecule has 1 aromatic carbocycles. The summed E-state index contributed by atoms with van der Waals surface area (Å²) >= 11 is 0. The number of rotatable bonds is 3. The number of fused-ring (bicyclic) bond motifs is 1. The lowest BCUT2D eigenvalue weighted by Crippen LogP contribution is -2.37. The first-order valence-corrected chi connectivity index (χ1v) is 5.96. The van der Waals surface area contributed by atoms with E-state index in [0.717, 1.165) is 0 Å². The summed E-state index contributed by atoms with van der Waals surface area (Å²) in [5.41, 5.74) is 6.60. The molecule has 2 aromatic rings. The number of anilines is 1. The molecule has 19 heavy (non-hydrogen) atoms. The van der Waals surface area contributed by atoms with Crippen LogP contribution in [-0.2, 0) is 11.8 Å². The Bertz CT molecular complexity index is 682. The maximum Gasteiger partial charge on any atom is 0.419 e. The molecular weight excluding hydrogens is 246 g/mol. The molecule has 0 unspecified atom stereocenters. The standard InChI is InChI=1S/C13H17N3O3/c1-13(2,7-14)11(17)15-8-4-5-9-10(6-8)19-12(18)16(9)3/h4-6H,7,14H2,1-3H3,(H,15,17). The van der Waals surface area contributed by atoms with Gasteiger partial charge in [0.1, 0.15) is 0 Å². The van der Waals surface area contributed by atoms with Crippen LogP contribution in [0, 0.1) is 5.41 Å². The van der Waals surface area contributed by atoms with E-state index >= 15 is 0 Å². The second-order valence-corrected chi connectivity index (χ2v) is 5.15. The Hall–Kier alpha value is -2.08. The molecule has 0 saturated carbocycles. The molecule has 1 heterocycles. The van der Waals surface area contributed by atoms with Crippen molar-refractivity contribution in [3.8, 4) is 0 Å². The molecule has 1 amide bonds. The second-order valence-electron chi connectivity index (χ2n) is 5.15. The van der Waals surface area contributed by atoms with Gasteiger partial charge < -0.3 is 15.5 Å². The van der Waals surface area contributed by atoms with Crippen molar-refractivity contribution < 1.29 is 9.21 Å². The van der Waals surface area contributed by atoms with E-state index < -0.39 is 11.2 Å². The summed E-state index contributed by atoms with van der Waals surface area (Å²) in [5.74, 6) is -0.603. The number of aryl methyl sites for hydroxylation is 1. The van der Waals surface area contributed by atoms with Gasteiger partial charge in [-0.1, -0.05) is 0 Å². The van der Waals surface area contributed by atoms with Crippen LogP contribution >= 0.6 is 0 Å². The highest BCUT2D eigenvalue weighted by atomic mass is 16.4. The number of nitrogens with two attached hydrogens (primary N) is 1. The largest absolute Gasteiger partial charge is 0.419 e. The molecule has 1 aromatic heterocycles. The van der Waals surface area contributed by atoms with Crippen LogP contribution in [0.2, 0.25) is 0 Å². The third-order valence-corrected chi connectivity index (χ3v) is 3.18. The van der Waals surface area contributed by atoms with Gasteiger partial charge in [0.05, 0.1) is 10.9 Å². The molecule has 6 nitrogen and oxygen atoms in total. The molecule has 0 spiro atoms. The molecule has 0 saturated heterocycles. The van der Waals surface area contributed by atoms with E-state index in [0.29, 0.717) is 16.8 Å². The quantitative estimate of drug-likeness (QED) is 0.866. The van der Waals surface area contributed by atoms with E-state index in [9.17, 15) is 9.59 Å². The van der Waals surface area contributed by atoms with Crippen molar-refractivity contribution in [2.24, 2.45) is 18.2 Å². The summed E-state index contributed by atoms with van der Waals surface area (Å²) in [7, 11) is 1.63. The fourth-order valence-corrected chi connectivity index (χ4v) is 1.60. The molecular formula is C13H17N3O3. The van der Waals surface area contributed by atoms with E-state index in [1.165, 1.54) is 4.57 Å². The van der Waals surface area contributed by atoms with Crippen LogP contribution in [-0.4, -0.2) is 17.0 Å². The number of hydrogen-bond acceptors (Lipinski definition) is 4. The van der Waals surface area contributed by atoms with Gasteiger partial charge in [0, 0.05) is 25.3 Å². The van der Waals surface area contributed by atoms with Crippen LogP contribution in [0.25, 0.3) is 11.1 Å². The molecule has 0 aliphatic rings. The maximum atomic E-state index is 12.0. The van der Waals surface area contributed by atoms with E-state index in [-0.39, 0.29) is 12.5 Å². The number of hydrogen-bond donors (Lipinski definition) is 2. The molecule has 0 aliphatic carbocycles. The SMILES string of the molecule is Cn1c(=O)oc2cc(NC(=O)C(C)(C)CN)ccc21. The second kappa shape index (κ2) is 4.55. The van der Waals surface area contributed by atoms with Gasteiger partial charge in [-0.25, -0.2) is 4.79 Å². The van der Waals surface area contributed by atoms with Crippen molar-refractivity contribution in [2.45, 2.75) is 13.8 Å². The molecule has 0 radical (unpaired) electrons. The number of oxazole rings is 1. The minimum absolute atomic E-state index is 0.173. The molecule has 0 fully saturated rings. The van der Waals surface area contributed by atoms with Crippen LogP contribution in [0.4, 0.5) is 5.69 Å². The number of nitrogens with zero attached hydrogens (tertiary/aromatic N) is 1. The van der Waals surface area contributed by atoms with Gasteiger partial charge >= 0.3 is 5.76 Å². The third-order valence-electron chi connectivity index (χ3n) is 3.18. The molecule has 0 bridgehead atoms. The third kappa shape index (κ3) is 2.39. The molecule has 102 valence electrons. The molecule has 6 heteroatoms. The zero-order valence-corrected chi connectivity index (χ0v) is 11.2. The predicted octanol–water partition coefficient (Wildman–Crippen LogP) is 1.05. The van der Waals surface area contributed by atoms with E-state index in [1.807, 2.05) is 0 Å². The first-order chi connectivity index (χ1) is 8.85. The van der Waals surface area contributed by atoms with Crippen LogP contribution in [0.15, 0.2) is 27.4 Å². The highest BCUT2D eigenvalue weighted by molar-refractivity contribution is 5.96. The first-order valence-electron chi connectivity index (χ1n) is 5.96. The minimum Gasteiger partial charge on any atom is -0.408 e. The first kappa shape index (κ1) is 13.4. The Balaban J connectivity index is 2.32. The Morgan fingerprint density at radius 3 is 2.79 bits per heavy atom. The lowest BCUT2D eigenvalue weighted by molar-refractivity contribution is -0.123. The summed E-state index contributed by atoms with van der Waals surface area (Å²) in [5, 5.41) is 2.76. The molecule has 3 N–H and O–H groups in total. The van der Waals surface area contributed by atoms with Gasteiger partial charge in [-0.15, -0.1) is 0 Å². The summed E-state index contributed by atoms with van der Waals surface area (Å²) in [6.45, 7) is 3.79. The average Bonchev–Trinajstić information content (AvgIpc) is 2.64. The van der Waals surface area contributed by atoms with Gasteiger partial charge in [-0.2, -0.15) is 0 Å². The minimum atomic E-state index is -0.646. The van der Waals surface area contributed by atoms with Gasteiger partial charge in [0.2, 0.25) is 5.91 Å². The zero-order valence-electron chi connectivity index (χ0n) is 11.2. The molecule has 2 rings (SSSR count). The lowest BCUT2D eigenvalue weighted by atomic mass is 9.92. The summed E-state index contributed by atoms with van der Waals surface area (Å²) in [4.78, 5) is 23.4. The van der Waals surface area contributed by atoms with Gasteiger partial charge in [0.15, 0.2) is 5.58 Å². The van der Waals surface area contributed by atoms with Gasteiger partial charge in [-0.05, 0) is 26.0 Å². The number of carbonyl (C=O) groups excluding carboxylic acids is 1. The fraction of sp³-hybridized carbons (Fsp3) is 0.385. The smallest absolute Gasteiger partial charge is 0.408 e. The number of nitrogens with one attached hydrogen (secondary N) is 1. The van der Waals surface area contributed by atoms with Crippen molar-refractivity contribution in [1.82, 2.24) is 4.57 Å². The number of benzene rings is 1. The lowest BCUT2D eigenvalue weighted by Gasteiger charge is -2.21. The van der Waals surface area contributed by atoms with Crippen LogP contribution < -0.4 is 16.8 Å². The maximum absolute atomic E-state index is 12.0. The van der Waals surface area contributed by atoms with E-state index in [2.05, 4.69) is 5.32 Å². The number of carbonyl (C=O) groups is 1. The highest BCUT2D eigenvalue weighted by Gasteiger charge is 2.25. The van der Waals surface area contributed by atoms with Crippen molar-refractivity contribution >= 4 is 22.7 Å². The Kier molecular flexibility index (Phi) is 3.20. The molecule has 0 atom stereocenters. The normalized spacial score (nSPS) is 11.8. The van der Waals surface area contributed by atoms with E-state index in [4.69, 9.17) is 10.2 Å². The Morgan fingerprint density at radius 2 is 2.16 bits per heavy atom. The van der Waals surface area contributed by atoms with Crippen LogP contribution in [0.5, 0.6) is 0 Å². The predicted molar refractivity (Wildman–Crippen MR) is 72.9 cm³/mol. The van der Waals surface area contributed by atoms with Crippen LogP contribution in [0.1, 0.15) is 13.8 Å².